The monoisotopic (exact) mass is 249 g/mol. The van der Waals surface area contributed by atoms with Crippen LogP contribution in [0.1, 0.15) is 19.5 Å². The number of aromatic nitrogens is 1. The van der Waals surface area contributed by atoms with Crippen molar-refractivity contribution < 1.29 is 5.11 Å². The number of aliphatic hydroxyl groups is 1. The van der Waals surface area contributed by atoms with E-state index in [0.717, 1.165) is 25.3 Å². The van der Waals surface area contributed by atoms with Gasteiger partial charge in [0, 0.05) is 37.4 Å². The van der Waals surface area contributed by atoms with Crippen molar-refractivity contribution in [3.05, 3.63) is 30.1 Å². The molecule has 0 aliphatic carbocycles. The Morgan fingerprint density at radius 3 is 2.83 bits per heavy atom. The molecule has 1 fully saturated rings. The molecule has 1 unspecified atom stereocenters. The van der Waals surface area contributed by atoms with E-state index >= 15 is 0 Å². The summed E-state index contributed by atoms with van der Waals surface area (Å²) in [5, 5.41) is 9.60. The minimum absolute atomic E-state index is 0.0535. The number of rotatable bonds is 3. The molecule has 0 bridgehead atoms. The lowest BCUT2D eigenvalue weighted by atomic mass is 9.95. The van der Waals surface area contributed by atoms with Crippen molar-refractivity contribution in [2.24, 2.45) is 0 Å². The van der Waals surface area contributed by atoms with Gasteiger partial charge in [-0.25, -0.2) is 0 Å². The van der Waals surface area contributed by atoms with Gasteiger partial charge in [-0.15, -0.1) is 0 Å². The molecule has 0 saturated carbocycles. The molecule has 0 radical (unpaired) electrons. The van der Waals surface area contributed by atoms with Crippen molar-refractivity contribution in [2.75, 3.05) is 26.7 Å². The van der Waals surface area contributed by atoms with Gasteiger partial charge in [0.25, 0.3) is 0 Å². The van der Waals surface area contributed by atoms with Gasteiger partial charge in [0.1, 0.15) is 0 Å². The molecule has 18 heavy (non-hydrogen) atoms. The average molecular weight is 249 g/mol. The van der Waals surface area contributed by atoms with Crippen LogP contribution in [0.5, 0.6) is 0 Å². The lowest BCUT2D eigenvalue weighted by Crippen LogP contribution is -2.63. The van der Waals surface area contributed by atoms with Crippen LogP contribution in [0.3, 0.4) is 0 Å². The molecule has 1 aliphatic heterocycles. The molecule has 1 aliphatic rings. The fraction of sp³-hybridized carbons (Fsp3) is 0.643. The number of piperazine rings is 1. The van der Waals surface area contributed by atoms with E-state index in [-0.39, 0.29) is 18.2 Å². The second-order valence-electron chi connectivity index (χ2n) is 5.79. The van der Waals surface area contributed by atoms with Crippen molar-refractivity contribution in [3.8, 4) is 0 Å². The number of pyridine rings is 1. The summed E-state index contributed by atoms with van der Waals surface area (Å²) in [7, 11) is 2.11. The van der Waals surface area contributed by atoms with Gasteiger partial charge in [-0.3, -0.25) is 9.88 Å². The lowest BCUT2D eigenvalue weighted by Gasteiger charge is -2.50. The molecule has 0 amide bonds. The van der Waals surface area contributed by atoms with E-state index in [1.807, 2.05) is 24.4 Å². The highest BCUT2D eigenvalue weighted by atomic mass is 16.3. The first-order valence-electron chi connectivity index (χ1n) is 6.49. The van der Waals surface area contributed by atoms with Crippen LogP contribution in [-0.2, 0) is 6.54 Å². The van der Waals surface area contributed by atoms with Crippen LogP contribution >= 0.6 is 0 Å². The molecule has 1 aromatic heterocycles. The van der Waals surface area contributed by atoms with E-state index in [2.05, 4.69) is 35.7 Å². The van der Waals surface area contributed by atoms with Crippen molar-refractivity contribution >= 4 is 0 Å². The summed E-state index contributed by atoms with van der Waals surface area (Å²) in [5.41, 5.74) is 1.12. The molecule has 1 N–H and O–H groups in total. The van der Waals surface area contributed by atoms with Crippen LogP contribution in [0.2, 0.25) is 0 Å². The largest absolute Gasteiger partial charge is 0.395 e. The molecule has 100 valence electrons. The molecule has 2 heterocycles. The van der Waals surface area contributed by atoms with E-state index in [1.54, 1.807) is 0 Å². The molecular weight excluding hydrogens is 226 g/mol. The number of likely N-dealkylation sites (N-methyl/N-ethyl adjacent to an activating group) is 1. The lowest BCUT2D eigenvalue weighted by molar-refractivity contribution is -0.0425. The number of nitrogens with zero attached hydrogens (tertiary/aromatic N) is 3. The van der Waals surface area contributed by atoms with Gasteiger partial charge in [-0.05, 0) is 33.0 Å². The Bertz CT molecular complexity index is 380. The van der Waals surface area contributed by atoms with Crippen LogP contribution in [0.4, 0.5) is 0 Å². The van der Waals surface area contributed by atoms with E-state index < -0.39 is 0 Å². The summed E-state index contributed by atoms with van der Waals surface area (Å²) >= 11 is 0. The third-order valence-corrected chi connectivity index (χ3v) is 3.67. The maximum absolute atomic E-state index is 9.60. The Kier molecular flexibility index (Phi) is 4.00. The van der Waals surface area contributed by atoms with Gasteiger partial charge >= 0.3 is 0 Å². The Hall–Kier alpha value is -0.970. The Balaban J connectivity index is 2.17. The molecule has 1 saturated heterocycles. The standard InChI is InChI=1S/C14H23N3O/c1-14(2)11-16(3)9-13(10-18)17(14)8-12-6-4-5-7-15-12/h4-7,13,18H,8-11H2,1-3H3. The topological polar surface area (TPSA) is 39.6 Å². The van der Waals surface area contributed by atoms with Crippen LogP contribution in [0, 0.1) is 0 Å². The highest BCUT2D eigenvalue weighted by molar-refractivity contribution is 5.06. The first-order valence-corrected chi connectivity index (χ1v) is 6.49. The third-order valence-electron chi connectivity index (χ3n) is 3.67. The van der Waals surface area contributed by atoms with Gasteiger partial charge in [0.05, 0.1) is 12.3 Å². The van der Waals surface area contributed by atoms with Gasteiger partial charge in [-0.2, -0.15) is 0 Å². The van der Waals surface area contributed by atoms with Crippen LogP contribution in [0.25, 0.3) is 0 Å². The minimum atomic E-state index is 0.0535. The predicted octanol–water partition coefficient (Wildman–Crippen LogP) is 0.968. The predicted molar refractivity (Wildman–Crippen MR) is 72.2 cm³/mol. The molecular formula is C14H23N3O. The molecule has 0 aromatic carbocycles. The van der Waals surface area contributed by atoms with Crippen LogP contribution in [-0.4, -0.2) is 58.2 Å². The number of hydrogen-bond donors (Lipinski definition) is 1. The Morgan fingerprint density at radius 1 is 1.44 bits per heavy atom. The highest BCUT2D eigenvalue weighted by Crippen LogP contribution is 2.26. The van der Waals surface area contributed by atoms with Gasteiger partial charge < -0.3 is 10.0 Å². The Labute approximate surface area is 109 Å². The second kappa shape index (κ2) is 5.34. The highest BCUT2D eigenvalue weighted by Gasteiger charge is 2.38. The molecule has 1 atom stereocenters. The molecule has 1 aromatic rings. The van der Waals surface area contributed by atoms with Crippen molar-refractivity contribution in [2.45, 2.75) is 32.0 Å². The molecule has 2 rings (SSSR count). The smallest absolute Gasteiger partial charge is 0.0599 e. The zero-order chi connectivity index (χ0) is 13.2. The van der Waals surface area contributed by atoms with Gasteiger partial charge in [0.2, 0.25) is 0 Å². The second-order valence-corrected chi connectivity index (χ2v) is 5.79. The van der Waals surface area contributed by atoms with E-state index in [4.69, 9.17) is 0 Å². The van der Waals surface area contributed by atoms with Gasteiger partial charge in [0.15, 0.2) is 0 Å². The van der Waals surface area contributed by atoms with Crippen LogP contribution in [0.15, 0.2) is 24.4 Å². The van der Waals surface area contributed by atoms with Crippen molar-refractivity contribution in [1.29, 1.82) is 0 Å². The van der Waals surface area contributed by atoms with E-state index in [0.29, 0.717) is 0 Å². The first kappa shape index (κ1) is 13.5. The average Bonchev–Trinajstić information content (AvgIpc) is 2.33. The van der Waals surface area contributed by atoms with Crippen molar-refractivity contribution in [3.63, 3.8) is 0 Å². The zero-order valence-corrected chi connectivity index (χ0v) is 11.5. The quantitative estimate of drug-likeness (QED) is 0.866. The SMILES string of the molecule is CN1CC(CO)N(Cc2ccccn2)C(C)(C)C1. The summed E-state index contributed by atoms with van der Waals surface area (Å²) in [6.07, 6.45) is 1.83. The zero-order valence-electron chi connectivity index (χ0n) is 11.5. The molecule has 4 nitrogen and oxygen atoms in total. The van der Waals surface area contributed by atoms with Crippen molar-refractivity contribution in [1.82, 2.24) is 14.8 Å². The summed E-state index contributed by atoms with van der Waals surface area (Å²) < 4.78 is 0. The molecule has 4 heteroatoms. The van der Waals surface area contributed by atoms with E-state index in [1.165, 1.54) is 0 Å². The fourth-order valence-electron chi connectivity index (χ4n) is 2.93. The summed E-state index contributed by atoms with van der Waals surface area (Å²) in [4.78, 5) is 9.05. The summed E-state index contributed by atoms with van der Waals surface area (Å²) in [6, 6.07) is 6.17. The third kappa shape index (κ3) is 2.88. The van der Waals surface area contributed by atoms with Gasteiger partial charge in [-0.1, -0.05) is 6.07 Å². The van der Waals surface area contributed by atoms with E-state index in [9.17, 15) is 5.11 Å². The maximum atomic E-state index is 9.60. The maximum Gasteiger partial charge on any atom is 0.0599 e. The first-order chi connectivity index (χ1) is 8.53. The van der Waals surface area contributed by atoms with Crippen LogP contribution < -0.4 is 0 Å². The molecule has 0 spiro atoms. The summed E-state index contributed by atoms with van der Waals surface area (Å²) in [6.45, 7) is 7.37. The number of hydrogen-bond acceptors (Lipinski definition) is 4. The number of aliphatic hydroxyl groups excluding tert-OH is 1. The normalized spacial score (nSPS) is 25.2. The minimum Gasteiger partial charge on any atom is -0.395 e. The fourth-order valence-corrected chi connectivity index (χ4v) is 2.93. The Morgan fingerprint density at radius 2 is 2.22 bits per heavy atom. The summed E-state index contributed by atoms with van der Waals surface area (Å²) in [5.74, 6) is 0.